The van der Waals surface area contributed by atoms with Crippen molar-refractivity contribution in [3.8, 4) is 0 Å². The van der Waals surface area contributed by atoms with E-state index in [0.717, 1.165) is 0 Å². The van der Waals surface area contributed by atoms with E-state index in [2.05, 4.69) is 15.8 Å². The van der Waals surface area contributed by atoms with Gasteiger partial charge in [0, 0.05) is 0 Å². The lowest BCUT2D eigenvalue weighted by atomic mass is 11.5. The van der Waals surface area contributed by atoms with Gasteiger partial charge in [0.2, 0.25) is 0 Å². The van der Waals surface area contributed by atoms with Crippen LogP contribution < -0.4 is 0 Å². The van der Waals surface area contributed by atoms with Crippen molar-refractivity contribution in [2.45, 2.75) is 5.57 Å². The average Bonchev–Trinajstić information content (AvgIpc) is 1.21. The Morgan fingerprint density at radius 1 is 1.75 bits per heavy atom. The largest absolute Gasteiger partial charge is 0.750 e. The first-order valence-corrected chi connectivity index (χ1v) is 2.65. The molecule has 0 rings (SSSR count). The maximum atomic E-state index is 11.1. The van der Waals surface area contributed by atoms with Crippen molar-refractivity contribution in [2.75, 3.05) is 0 Å². The summed E-state index contributed by atoms with van der Waals surface area (Å²) < 4.78 is 43.5. The van der Waals surface area contributed by atoms with Gasteiger partial charge in [-0.2, -0.15) is 8.78 Å². The van der Waals surface area contributed by atoms with Crippen molar-refractivity contribution in [3.63, 3.8) is 0 Å². The Balaban J connectivity index is 3.55. The molecule has 0 aliphatic carbocycles. The molecular weight excluding hydrogens is 166 g/mol. The van der Waals surface area contributed by atoms with Gasteiger partial charge in [0.1, 0.15) is 0 Å². The van der Waals surface area contributed by atoms with Crippen LogP contribution in [0.15, 0.2) is 0 Å². The van der Waals surface area contributed by atoms with Gasteiger partial charge in [0.25, 0.3) is 0 Å². The Labute approximate surface area is 51.1 Å². The zero-order valence-electron chi connectivity index (χ0n) is 3.27. The lowest BCUT2D eigenvalue weighted by Gasteiger charge is -2.08. The second-order valence-electron chi connectivity index (χ2n) is 0.733. The minimum Gasteiger partial charge on any atom is -0.750 e. The molecule has 0 fully saturated rings. The van der Waals surface area contributed by atoms with E-state index in [-0.39, 0.29) is 0 Å². The van der Waals surface area contributed by atoms with E-state index in [1.54, 1.807) is 0 Å². The number of hydrogen-bond acceptors (Lipinski definition) is 3. The highest BCUT2D eigenvalue weighted by Crippen LogP contribution is 2.20. The molecule has 50 valence electrons. The number of halogens is 3. The van der Waals surface area contributed by atoms with Gasteiger partial charge in [-0.25, -0.2) is 8.39 Å². The fourth-order valence-corrected chi connectivity index (χ4v) is 0.386. The van der Waals surface area contributed by atoms with E-state index in [0.29, 0.717) is 0 Å². The molecule has 0 aliphatic heterocycles. The number of hydrogen-bond donors (Lipinski definition) is 0. The maximum absolute atomic E-state index is 11.1. The zero-order valence-corrected chi connectivity index (χ0v) is 4.84. The highest BCUT2D eigenvalue weighted by molar-refractivity contribution is 7.74. The molecule has 0 radical (unpaired) electrons. The number of rotatable bonds is 2. The lowest BCUT2D eigenvalue weighted by Crippen LogP contribution is -2.12. The first-order chi connectivity index (χ1) is 3.42. The summed E-state index contributed by atoms with van der Waals surface area (Å²) in [7, 11) is 0. The molecule has 0 saturated carbocycles. The molecule has 0 aromatic carbocycles. The molecule has 0 bridgehead atoms. The van der Waals surface area contributed by atoms with Crippen LogP contribution in [0.3, 0.4) is 0 Å². The van der Waals surface area contributed by atoms with Gasteiger partial charge >= 0.3 is 5.57 Å². The molecule has 3 nitrogen and oxygen atoms in total. The third-order valence-corrected chi connectivity index (χ3v) is 0.677. The second-order valence-corrected chi connectivity index (χ2v) is 1.75. The molecule has 0 amide bonds. The van der Waals surface area contributed by atoms with Crippen LogP contribution in [0, 0.1) is 0 Å². The van der Waals surface area contributed by atoms with Gasteiger partial charge < -0.3 is 4.55 Å². The normalized spacial score (nSPS) is 16.0. The minimum absolute atomic E-state index is 2.79. The summed E-state index contributed by atoms with van der Waals surface area (Å²) in [6.07, 6.45) is 0. The Morgan fingerprint density at radius 2 is 2.12 bits per heavy atom. The molecule has 7 heteroatoms. The first-order valence-electron chi connectivity index (χ1n) is 1.27. The van der Waals surface area contributed by atoms with Gasteiger partial charge in [-0.05, 0) is 11.6 Å². The molecule has 8 heavy (non-hydrogen) atoms. The van der Waals surface area contributed by atoms with Gasteiger partial charge in [0.05, 0.1) is 11.4 Å². The van der Waals surface area contributed by atoms with Crippen LogP contribution in [0.4, 0.5) is 8.78 Å². The summed E-state index contributed by atoms with van der Waals surface area (Å²) in [6.45, 7) is 0. The molecule has 0 aromatic rings. The SMILES string of the molecule is O=S([O-])OC(F)(F)Cl. The Hall–Kier alpha value is 0.220. The second kappa shape index (κ2) is 2.67. The summed E-state index contributed by atoms with van der Waals surface area (Å²) in [5, 5.41) is 0. The molecule has 1 unspecified atom stereocenters. The van der Waals surface area contributed by atoms with Gasteiger partial charge in [-0.1, -0.05) is 0 Å². The zero-order chi connectivity index (χ0) is 6.78. The monoisotopic (exact) mass is 165 g/mol. The quantitative estimate of drug-likeness (QED) is 0.444. The fourth-order valence-electron chi connectivity index (χ4n) is 0.0772. The van der Waals surface area contributed by atoms with Crippen LogP contribution in [-0.4, -0.2) is 14.3 Å². The fraction of sp³-hybridized carbons (Fsp3) is 1.00. The van der Waals surface area contributed by atoms with E-state index >= 15 is 0 Å². The van der Waals surface area contributed by atoms with Crippen molar-refractivity contribution in [1.82, 2.24) is 0 Å². The minimum atomic E-state index is -4.12. The first kappa shape index (κ1) is 8.22. The molecule has 1 atom stereocenters. The third kappa shape index (κ3) is 6.22. The Kier molecular flexibility index (Phi) is 2.75. The molecule has 0 N–H and O–H groups in total. The molecule has 0 spiro atoms. The molecular formula is CClF2O3S-. The van der Waals surface area contributed by atoms with Crippen LogP contribution in [0.25, 0.3) is 0 Å². The van der Waals surface area contributed by atoms with E-state index in [9.17, 15) is 17.5 Å². The van der Waals surface area contributed by atoms with Crippen LogP contribution >= 0.6 is 11.6 Å². The number of alkyl halides is 3. The van der Waals surface area contributed by atoms with Gasteiger partial charge in [-0.3, -0.25) is 0 Å². The lowest BCUT2D eigenvalue weighted by molar-refractivity contribution is -0.0928. The van der Waals surface area contributed by atoms with E-state index < -0.39 is 16.9 Å². The topological polar surface area (TPSA) is 49.4 Å². The molecule has 0 aromatic heterocycles. The molecule has 0 aliphatic rings. The van der Waals surface area contributed by atoms with E-state index in [1.807, 2.05) is 0 Å². The van der Waals surface area contributed by atoms with Crippen LogP contribution in [-0.2, 0) is 15.5 Å². The highest BCUT2D eigenvalue weighted by atomic mass is 35.5. The van der Waals surface area contributed by atoms with Crippen molar-refractivity contribution in [2.24, 2.45) is 0 Å². The summed E-state index contributed by atoms with van der Waals surface area (Å²) in [6, 6.07) is 0. The van der Waals surface area contributed by atoms with Crippen molar-refractivity contribution in [3.05, 3.63) is 0 Å². The molecule has 0 saturated heterocycles. The van der Waals surface area contributed by atoms with Crippen molar-refractivity contribution in [1.29, 1.82) is 0 Å². The Morgan fingerprint density at radius 3 is 2.12 bits per heavy atom. The van der Waals surface area contributed by atoms with Crippen LogP contribution in [0.5, 0.6) is 0 Å². The standard InChI is InChI=1S/CHClF2O3S/c2-1(3,4)7-8(5)6/h(H,5,6)/p-1. The summed E-state index contributed by atoms with van der Waals surface area (Å²) in [5.41, 5.74) is -4.12. The average molecular weight is 166 g/mol. The summed E-state index contributed by atoms with van der Waals surface area (Å²) >= 11 is 0.713. The van der Waals surface area contributed by atoms with Crippen molar-refractivity contribution >= 4 is 23.0 Å². The van der Waals surface area contributed by atoms with Crippen LogP contribution in [0.2, 0.25) is 0 Å². The predicted octanol–water partition coefficient (Wildman–Crippen LogP) is 0.586. The van der Waals surface area contributed by atoms with Crippen molar-refractivity contribution < 1.29 is 21.7 Å². The van der Waals surface area contributed by atoms with E-state index in [4.69, 9.17) is 0 Å². The van der Waals surface area contributed by atoms with Gasteiger partial charge in [0.15, 0.2) is 0 Å². The Bertz CT molecular complexity index is 99.9. The maximum Gasteiger partial charge on any atom is 0.452 e. The van der Waals surface area contributed by atoms with Gasteiger partial charge in [-0.15, -0.1) is 0 Å². The highest BCUT2D eigenvalue weighted by Gasteiger charge is 2.26. The predicted molar refractivity (Wildman–Crippen MR) is 20.8 cm³/mol. The summed E-state index contributed by atoms with van der Waals surface area (Å²) in [4.78, 5) is 0. The van der Waals surface area contributed by atoms with E-state index in [1.165, 1.54) is 0 Å². The third-order valence-electron chi connectivity index (χ3n) is 0.163. The smallest absolute Gasteiger partial charge is 0.452 e. The molecule has 0 heterocycles. The van der Waals surface area contributed by atoms with Crippen LogP contribution in [0.1, 0.15) is 0 Å². The summed E-state index contributed by atoms with van der Waals surface area (Å²) in [5.74, 6) is 0.